The van der Waals surface area contributed by atoms with Gasteiger partial charge in [-0.25, -0.2) is 0 Å². The molecule has 5 heterocycles. The zero-order valence-corrected chi connectivity index (χ0v) is 22.7. The summed E-state index contributed by atoms with van der Waals surface area (Å²) >= 11 is 0. The Kier molecular flexibility index (Phi) is 3.28. The molecule has 3 aliphatic rings. The quantitative estimate of drug-likeness (QED) is 0.213. The average Bonchev–Trinajstić information content (AvgIpc) is 3.41. The highest BCUT2D eigenvalue weighted by molar-refractivity contribution is 7.01. The minimum Gasteiger partial charge on any atom is -0.458 e. The van der Waals surface area contributed by atoms with E-state index < -0.39 is 0 Å². The summed E-state index contributed by atoms with van der Waals surface area (Å²) in [6, 6.07) is 23.2. The number of fused-ring (bicyclic) bond motifs is 8. The van der Waals surface area contributed by atoms with Crippen molar-refractivity contribution in [2.75, 3.05) is 0 Å². The van der Waals surface area contributed by atoms with Crippen molar-refractivity contribution < 1.29 is 4.74 Å². The van der Waals surface area contributed by atoms with E-state index in [1.165, 1.54) is 99.2 Å². The Balaban J connectivity index is 1.53. The summed E-state index contributed by atoms with van der Waals surface area (Å²) in [6.07, 6.45) is 0. The first-order chi connectivity index (χ1) is 18.9. The van der Waals surface area contributed by atoms with Crippen LogP contribution < -0.4 is 21.1 Å². The summed E-state index contributed by atoms with van der Waals surface area (Å²) in [7, 11) is 0. The molecular formula is C35H25BN2O. The largest absolute Gasteiger partial charge is 0.458 e. The predicted molar refractivity (Wildman–Crippen MR) is 164 cm³/mol. The Morgan fingerprint density at radius 1 is 0.538 bits per heavy atom. The van der Waals surface area contributed by atoms with E-state index >= 15 is 0 Å². The van der Waals surface area contributed by atoms with Crippen molar-refractivity contribution in [3.8, 4) is 22.9 Å². The zero-order chi connectivity index (χ0) is 26.1. The van der Waals surface area contributed by atoms with Gasteiger partial charge in [-0.1, -0.05) is 23.3 Å². The van der Waals surface area contributed by atoms with E-state index in [1.54, 1.807) is 0 Å². The maximum Gasteiger partial charge on any atom is 0.261 e. The van der Waals surface area contributed by atoms with Crippen LogP contribution in [0, 0.1) is 34.6 Å². The summed E-state index contributed by atoms with van der Waals surface area (Å²) in [4.78, 5) is 0. The fraction of sp³-hybridized carbons (Fsp3) is 0.143. The fourth-order valence-electron chi connectivity index (χ4n) is 8.25. The predicted octanol–water partition coefficient (Wildman–Crippen LogP) is 6.67. The highest BCUT2D eigenvalue weighted by Gasteiger charge is 2.47. The molecule has 3 aliphatic heterocycles. The summed E-state index contributed by atoms with van der Waals surface area (Å²) in [5, 5.41) is 5.38. The Morgan fingerprint density at radius 2 is 1.03 bits per heavy atom. The smallest absolute Gasteiger partial charge is 0.261 e. The lowest BCUT2D eigenvalue weighted by Gasteiger charge is -2.38. The molecule has 0 N–H and O–H groups in total. The van der Waals surface area contributed by atoms with E-state index in [0.29, 0.717) is 0 Å². The summed E-state index contributed by atoms with van der Waals surface area (Å²) in [6.45, 7) is 11.3. The first-order valence-electron chi connectivity index (χ1n) is 13.9. The van der Waals surface area contributed by atoms with Gasteiger partial charge in [-0.2, -0.15) is 0 Å². The summed E-state index contributed by atoms with van der Waals surface area (Å²) in [5.74, 6) is 2.02. The molecule has 0 amide bonds. The van der Waals surface area contributed by atoms with Crippen LogP contribution in [0.2, 0.25) is 0 Å². The standard InChI is InChI=1S/C35H25BN2O/c1-16-6-8-23-21(10-16)29-19(4)14-27-32-34(29)37(23)25-12-18(3)13-26-31(25)36(32)33-28(39-27)15-20(5)30-22-11-17(2)7-9-24(22)38(26)35(30)33/h6-15H,1-5H3. The molecule has 0 unspecified atom stereocenters. The van der Waals surface area contributed by atoms with Crippen LogP contribution in [-0.2, 0) is 0 Å². The van der Waals surface area contributed by atoms with Crippen LogP contribution in [0.25, 0.3) is 55.0 Å². The molecule has 3 nitrogen and oxygen atoms in total. The monoisotopic (exact) mass is 500 g/mol. The van der Waals surface area contributed by atoms with E-state index in [4.69, 9.17) is 4.74 Å². The molecule has 4 heteroatoms. The van der Waals surface area contributed by atoms with Crippen LogP contribution in [-0.4, -0.2) is 15.8 Å². The van der Waals surface area contributed by atoms with E-state index in [-0.39, 0.29) is 6.71 Å². The van der Waals surface area contributed by atoms with Gasteiger partial charge in [0, 0.05) is 32.9 Å². The van der Waals surface area contributed by atoms with Crippen LogP contribution >= 0.6 is 0 Å². The molecule has 0 spiro atoms. The van der Waals surface area contributed by atoms with E-state index in [1.807, 2.05) is 0 Å². The van der Waals surface area contributed by atoms with Crippen LogP contribution in [0.1, 0.15) is 27.8 Å². The molecule has 2 aromatic heterocycles. The number of aryl methyl sites for hydroxylation is 5. The first-order valence-corrected chi connectivity index (χ1v) is 13.9. The second kappa shape index (κ2) is 6.23. The van der Waals surface area contributed by atoms with Gasteiger partial charge in [-0.3, -0.25) is 0 Å². The van der Waals surface area contributed by atoms with E-state index in [2.05, 4.69) is 104 Å². The Morgan fingerprint density at radius 3 is 1.51 bits per heavy atom. The Hall–Kier alpha value is -4.44. The van der Waals surface area contributed by atoms with Gasteiger partial charge in [0.25, 0.3) is 6.71 Å². The van der Waals surface area contributed by atoms with Crippen molar-refractivity contribution in [3.63, 3.8) is 0 Å². The number of ether oxygens (including phenoxy) is 1. The molecule has 7 aromatic rings. The zero-order valence-electron chi connectivity index (χ0n) is 22.7. The third kappa shape index (κ3) is 2.12. The van der Waals surface area contributed by atoms with Crippen LogP contribution in [0.5, 0.6) is 11.5 Å². The average molecular weight is 500 g/mol. The number of benzene rings is 5. The summed E-state index contributed by atoms with van der Waals surface area (Å²) < 4.78 is 12.0. The van der Waals surface area contributed by atoms with Crippen LogP contribution in [0.4, 0.5) is 0 Å². The number of aromatic nitrogens is 2. The van der Waals surface area contributed by atoms with E-state index in [9.17, 15) is 0 Å². The van der Waals surface area contributed by atoms with Crippen molar-refractivity contribution in [1.29, 1.82) is 0 Å². The highest BCUT2D eigenvalue weighted by atomic mass is 16.5. The van der Waals surface area contributed by atoms with Crippen LogP contribution in [0.15, 0.2) is 60.7 Å². The number of nitrogens with zero attached hydrogens (tertiary/aromatic N) is 2. The molecule has 184 valence electrons. The van der Waals surface area contributed by atoms with Gasteiger partial charge in [0.05, 0.1) is 22.1 Å². The lowest BCUT2D eigenvalue weighted by atomic mass is 9.33. The molecule has 39 heavy (non-hydrogen) atoms. The summed E-state index contributed by atoms with van der Waals surface area (Å²) in [5.41, 5.74) is 18.3. The minimum absolute atomic E-state index is 0.149. The maximum atomic E-state index is 6.89. The fourth-order valence-corrected chi connectivity index (χ4v) is 8.25. The number of rotatable bonds is 0. The van der Waals surface area contributed by atoms with Crippen molar-refractivity contribution in [2.24, 2.45) is 0 Å². The molecule has 10 rings (SSSR count). The maximum absolute atomic E-state index is 6.89. The van der Waals surface area contributed by atoms with Gasteiger partial charge >= 0.3 is 0 Å². The first kappa shape index (κ1) is 20.5. The second-order valence-electron chi connectivity index (χ2n) is 12.1. The lowest BCUT2D eigenvalue weighted by molar-refractivity contribution is 0.487. The Labute approximate surface area is 226 Å². The molecule has 0 aliphatic carbocycles. The van der Waals surface area contributed by atoms with Crippen molar-refractivity contribution >= 4 is 66.7 Å². The third-order valence-electron chi connectivity index (χ3n) is 9.62. The molecule has 0 saturated carbocycles. The topological polar surface area (TPSA) is 19.1 Å². The van der Waals surface area contributed by atoms with Gasteiger partial charge in [0.2, 0.25) is 0 Å². The third-order valence-corrected chi connectivity index (χ3v) is 9.62. The minimum atomic E-state index is 0.149. The highest BCUT2D eigenvalue weighted by Crippen LogP contribution is 2.46. The van der Waals surface area contributed by atoms with E-state index in [0.717, 1.165) is 11.5 Å². The van der Waals surface area contributed by atoms with Gasteiger partial charge in [0.15, 0.2) is 0 Å². The van der Waals surface area contributed by atoms with Gasteiger partial charge in [0.1, 0.15) is 11.5 Å². The number of hydrogen-bond acceptors (Lipinski definition) is 1. The number of hydrogen-bond donors (Lipinski definition) is 0. The molecule has 0 fully saturated rings. The molecule has 0 atom stereocenters. The second-order valence-corrected chi connectivity index (χ2v) is 12.1. The molecule has 0 radical (unpaired) electrons. The SMILES string of the molecule is Cc1cc2c3c(c1)-n1c4ccc(C)cc4c4c(C)cc5c(c41)B3c1c(cc(C)c3c4cc(C)ccc4n-2c13)O5. The van der Waals surface area contributed by atoms with Crippen molar-refractivity contribution in [3.05, 3.63) is 88.5 Å². The van der Waals surface area contributed by atoms with Crippen LogP contribution in [0.3, 0.4) is 0 Å². The van der Waals surface area contributed by atoms with Crippen molar-refractivity contribution in [1.82, 2.24) is 9.13 Å². The normalized spacial score (nSPS) is 13.9. The van der Waals surface area contributed by atoms with Crippen molar-refractivity contribution in [2.45, 2.75) is 34.6 Å². The molecule has 0 saturated heterocycles. The molecule has 0 bridgehead atoms. The van der Waals surface area contributed by atoms with Gasteiger partial charge < -0.3 is 13.9 Å². The van der Waals surface area contributed by atoms with Gasteiger partial charge in [-0.15, -0.1) is 0 Å². The Bertz CT molecular complexity index is 2210. The molecule has 5 aromatic carbocycles. The lowest BCUT2D eigenvalue weighted by Crippen LogP contribution is -2.61. The molecular weight excluding hydrogens is 475 g/mol. The van der Waals surface area contributed by atoms with Gasteiger partial charge in [-0.05, 0) is 116 Å².